The molecule has 0 bridgehead atoms. The van der Waals surface area contributed by atoms with Crippen molar-refractivity contribution in [1.82, 2.24) is 9.55 Å². The van der Waals surface area contributed by atoms with Gasteiger partial charge in [-0.2, -0.15) is 4.98 Å². The molecular weight excluding hydrogens is 302 g/mol. The molecule has 4 rings (SSSR count). The smallest absolute Gasteiger partial charge is 0.351 e. The second-order valence-corrected chi connectivity index (χ2v) is 5.10. The molecule has 0 fully saturated rings. The number of hydrogen-bond acceptors (Lipinski definition) is 7. The number of nitrogens with one attached hydrogen (secondary N) is 1. The zero-order valence-electron chi connectivity index (χ0n) is 12.1. The lowest BCUT2D eigenvalue weighted by molar-refractivity contribution is 0.0906. The van der Waals surface area contributed by atoms with E-state index in [-0.39, 0.29) is 34.8 Å². The van der Waals surface area contributed by atoms with Crippen LogP contribution < -0.4 is 21.2 Å². The molecule has 116 valence electrons. The molecule has 0 spiro atoms. The highest BCUT2D eigenvalue weighted by Gasteiger charge is 2.25. The predicted octanol–water partition coefficient (Wildman–Crippen LogP) is 0.967. The number of ether oxygens (including phenoxy) is 1. The third-order valence-corrected chi connectivity index (χ3v) is 3.82. The third-order valence-electron chi connectivity index (χ3n) is 3.82. The number of hydrogen-bond donors (Lipinski definition) is 1. The fraction of sp³-hybridized carbons (Fsp3) is 0.200. The Morgan fingerprint density at radius 1 is 1.30 bits per heavy atom. The Labute approximate surface area is 128 Å². The van der Waals surface area contributed by atoms with Crippen LogP contribution in [0.25, 0.3) is 21.9 Å². The van der Waals surface area contributed by atoms with Gasteiger partial charge in [-0.15, -0.1) is 0 Å². The Balaban J connectivity index is 2.35. The zero-order chi connectivity index (χ0) is 16.1. The lowest BCUT2D eigenvalue weighted by Crippen LogP contribution is -2.32. The van der Waals surface area contributed by atoms with Gasteiger partial charge in [0.05, 0.1) is 12.6 Å². The molecule has 0 unspecified atom stereocenters. The van der Waals surface area contributed by atoms with E-state index in [1.807, 2.05) is 0 Å². The van der Waals surface area contributed by atoms with Crippen molar-refractivity contribution in [1.29, 1.82) is 0 Å². The summed E-state index contributed by atoms with van der Waals surface area (Å²) in [5.41, 5.74) is -1.19. The van der Waals surface area contributed by atoms with Crippen molar-refractivity contribution in [2.24, 2.45) is 0 Å². The van der Waals surface area contributed by atoms with E-state index in [2.05, 4.69) is 10.3 Å². The first kappa shape index (κ1) is 13.5. The van der Waals surface area contributed by atoms with Crippen molar-refractivity contribution in [2.75, 3.05) is 19.0 Å². The number of carbonyl (C=O) groups is 1. The molecule has 1 aromatic carbocycles. The first-order valence-electron chi connectivity index (χ1n) is 6.95. The van der Waals surface area contributed by atoms with E-state index < -0.39 is 11.2 Å². The minimum atomic E-state index is -0.844. The van der Waals surface area contributed by atoms with Gasteiger partial charge in [-0.3, -0.25) is 9.59 Å². The predicted molar refractivity (Wildman–Crippen MR) is 82.3 cm³/mol. The summed E-state index contributed by atoms with van der Waals surface area (Å²) in [6.07, 6.45) is 0.234. The number of methoxy groups -OCH3 is 1. The molecule has 23 heavy (non-hydrogen) atoms. The summed E-state index contributed by atoms with van der Waals surface area (Å²) in [6.45, 7) is 0.388. The highest BCUT2D eigenvalue weighted by Crippen LogP contribution is 2.30. The molecule has 0 saturated heterocycles. The maximum Gasteiger partial charge on any atom is 0.351 e. The van der Waals surface area contributed by atoms with Crippen LogP contribution in [0.2, 0.25) is 0 Å². The van der Waals surface area contributed by atoms with Crippen LogP contribution in [0.15, 0.2) is 32.2 Å². The summed E-state index contributed by atoms with van der Waals surface area (Å²) < 4.78 is 11.7. The summed E-state index contributed by atoms with van der Waals surface area (Å²) in [5, 5.41) is 3.10. The summed E-state index contributed by atoms with van der Waals surface area (Å²) in [4.78, 5) is 40.6. The van der Waals surface area contributed by atoms with Crippen molar-refractivity contribution < 1.29 is 13.9 Å². The molecule has 8 heteroatoms. The Bertz CT molecular complexity index is 1100. The maximum absolute atomic E-state index is 12.3. The minimum absolute atomic E-state index is 0.133. The Morgan fingerprint density at radius 2 is 2.13 bits per heavy atom. The zero-order valence-corrected chi connectivity index (χ0v) is 12.1. The number of nitrogens with zero attached hydrogens (tertiary/aromatic N) is 2. The first-order chi connectivity index (χ1) is 11.1. The Morgan fingerprint density at radius 3 is 2.91 bits per heavy atom. The van der Waals surface area contributed by atoms with Crippen molar-refractivity contribution in [3.05, 3.63) is 39.0 Å². The highest BCUT2D eigenvalue weighted by molar-refractivity contribution is 6.08. The number of carbonyl (C=O) groups excluding carboxylic acids is 1. The molecule has 1 aliphatic rings. The average molecular weight is 313 g/mol. The normalized spacial score (nSPS) is 13.9. The number of anilines is 1. The molecule has 3 heterocycles. The summed E-state index contributed by atoms with van der Waals surface area (Å²) >= 11 is 0. The van der Waals surface area contributed by atoms with E-state index >= 15 is 0 Å². The van der Waals surface area contributed by atoms with Gasteiger partial charge in [0.25, 0.3) is 5.56 Å². The van der Waals surface area contributed by atoms with Gasteiger partial charge in [-0.05, 0) is 12.1 Å². The van der Waals surface area contributed by atoms with Crippen LogP contribution in [-0.4, -0.2) is 29.1 Å². The number of para-hydroxylation sites is 1. The number of aromatic nitrogens is 2. The topological polar surface area (TPSA) is 103 Å². The van der Waals surface area contributed by atoms with E-state index in [0.29, 0.717) is 17.7 Å². The van der Waals surface area contributed by atoms with E-state index in [1.54, 1.807) is 18.2 Å². The molecule has 1 aliphatic heterocycles. The fourth-order valence-electron chi connectivity index (χ4n) is 2.83. The van der Waals surface area contributed by atoms with E-state index in [1.165, 1.54) is 11.7 Å². The van der Waals surface area contributed by atoms with Crippen LogP contribution in [0, 0.1) is 0 Å². The van der Waals surface area contributed by atoms with Gasteiger partial charge in [-0.1, -0.05) is 6.07 Å². The summed E-state index contributed by atoms with van der Waals surface area (Å²) in [7, 11) is 1.44. The van der Waals surface area contributed by atoms with Crippen LogP contribution in [0.3, 0.4) is 0 Å². The van der Waals surface area contributed by atoms with Crippen LogP contribution in [0.4, 0.5) is 5.95 Å². The molecule has 8 nitrogen and oxygen atoms in total. The van der Waals surface area contributed by atoms with E-state index in [9.17, 15) is 14.4 Å². The van der Waals surface area contributed by atoms with E-state index in [4.69, 9.17) is 9.15 Å². The molecule has 0 saturated carbocycles. The lowest BCUT2D eigenvalue weighted by Gasteiger charge is -2.20. The number of rotatable bonds is 1. The van der Waals surface area contributed by atoms with Gasteiger partial charge in [0.1, 0.15) is 0 Å². The van der Waals surface area contributed by atoms with Gasteiger partial charge in [-0.25, -0.2) is 9.36 Å². The largest absolute Gasteiger partial charge is 0.493 e. The van der Waals surface area contributed by atoms with Crippen LogP contribution in [0.5, 0.6) is 5.75 Å². The fourth-order valence-corrected chi connectivity index (χ4v) is 2.83. The van der Waals surface area contributed by atoms with Crippen molar-refractivity contribution in [2.45, 2.75) is 6.42 Å². The van der Waals surface area contributed by atoms with Gasteiger partial charge in [0.2, 0.25) is 11.9 Å². The monoisotopic (exact) mass is 313 g/mol. The third kappa shape index (κ3) is 1.78. The van der Waals surface area contributed by atoms with Gasteiger partial charge < -0.3 is 14.5 Å². The number of fused-ring (bicyclic) bond motifs is 5. The standard InChI is InChI=1S/C15H11N3O5/c1-22-8-4-2-3-7-11-10(14(21)23-12(7)8)13(20)17-15-16-6-5-9(19)18(11)15/h2-4H,5-6H2,1H3,(H,16,17,20). The molecule has 2 aromatic heterocycles. The quantitative estimate of drug-likeness (QED) is 0.527. The second kappa shape index (κ2) is 4.67. The molecule has 0 amide bonds. The van der Waals surface area contributed by atoms with Gasteiger partial charge >= 0.3 is 5.63 Å². The minimum Gasteiger partial charge on any atom is -0.493 e. The van der Waals surface area contributed by atoms with Crippen molar-refractivity contribution >= 4 is 33.7 Å². The molecule has 1 N–H and O–H groups in total. The molecule has 0 radical (unpaired) electrons. The van der Waals surface area contributed by atoms with Crippen molar-refractivity contribution in [3.8, 4) is 5.75 Å². The molecular formula is C15H11N3O5. The van der Waals surface area contributed by atoms with Crippen LogP contribution in [0.1, 0.15) is 11.2 Å². The van der Waals surface area contributed by atoms with Gasteiger partial charge in [0.15, 0.2) is 16.7 Å². The molecule has 3 aromatic rings. The average Bonchev–Trinajstić information content (AvgIpc) is 2.54. The van der Waals surface area contributed by atoms with Crippen LogP contribution in [-0.2, 0) is 0 Å². The molecule has 0 atom stereocenters. The van der Waals surface area contributed by atoms with Gasteiger partial charge in [0, 0.05) is 18.4 Å². The molecule has 0 aliphatic carbocycles. The number of benzene rings is 1. The SMILES string of the molecule is COc1cccc2c1oc(=O)c1c(=O)nc3n(c12)C(=O)CCN3. The first-order valence-corrected chi connectivity index (χ1v) is 6.95. The Kier molecular flexibility index (Phi) is 2.74. The van der Waals surface area contributed by atoms with Crippen LogP contribution >= 0.6 is 0 Å². The van der Waals surface area contributed by atoms with E-state index in [0.717, 1.165) is 0 Å². The highest BCUT2D eigenvalue weighted by atomic mass is 16.5. The summed E-state index contributed by atoms with van der Waals surface area (Å²) in [6, 6.07) is 4.99. The summed E-state index contributed by atoms with van der Waals surface area (Å²) in [5.74, 6) is 0.232. The Hall–Kier alpha value is -3.16. The second-order valence-electron chi connectivity index (χ2n) is 5.10. The maximum atomic E-state index is 12.3. The van der Waals surface area contributed by atoms with Crippen molar-refractivity contribution in [3.63, 3.8) is 0 Å². The lowest BCUT2D eigenvalue weighted by atomic mass is 10.1.